The molecule has 0 saturated carbocycles. The first-order valence-electron chi connectivity index (χ1n) is 7.14. The molecule has 1 aromatic rings. The molecule has 0 bridgehead atoms. The van der Waals surface area contributed by atoms with E-state index < -0.39 is 30.0 Å². The molecule has 1 heterocycles. The van der Waals surface area contributed by atoms with Crippen LogP contribution < -0.4 is 0 Å². The Bertz CT molecular complexity index is 559. The highest BCUT2D eigenvalue weighted by Gasteiger charge is 2.40. The van der Waals surface area contributed by atoms with Gasteiger partial charge in [-0.1, -0.05) is 6.92 Å². The van der Waals surface area contributed by atoms with Crippen molar-refractivity contribution in [3.05, 3.63) is 41.7 Å². The number of halogens is 4. The van der Waals surface area contributed by atoms with E-state index in [0.717, 1.165) is 6.07 Å². The first-order chi connectivity index (χ1) is 10.4. The summed E-state index contributed by atoms with van der Waals surface area (Å²) in [6.45, 7) is 0.484. The topological polar surface area (TPSA) is 18.5 Å². The fraction of sp³-hybridized carbons (Fsp3) is 0.500. The van der Waals surface area contributed by atoms with Crippen LogP contribution in [0.25, 0.3) is 5.57 Å². The Kier molecular flexibility index (Phi) is 5.11. The van der Waals surface area contributed by atoms with Crippen LogP contribution in [0.5, 0.6) is 0 Å². The van der Waals surface area contributed by atoms with E-state index in [9.17, 15) is 17.6 Å². The lowest BCUT2D eigenvalue weighted by atomic mass is 9.84. The first-order valence-corrected chi connectivity index (χ1v) is 7.14. The van der Waals surface area contributed by atoms with Gasteiger partial charge < -0.3 is 9.47 Å². The molecule has 0 saturated heterocycles. The lowest BCUT2D eigenvalue weighted by Gasteiger charge is -2.40. The van der Waals surface area contributed by atoms with Crippen molar-refractivity contribution in [2.45, 2.75) is 51.4 Å². The van der Waals surface area contributed by atoms with E-state index in [1.807, 2.05) is 6.92 Å². The second-order valence-electron chi connectivity index (χ2n) is 5.34. The highest BCUT2D eigenvalue weighted by Crippen LogP contribution is 2.38. The molecule has 1 aliphatic heterocycles. The number of allylic oxidation sites excluding steroid dienone is 1. The lowest BCUT2D eigenvalue weighted by molar-refractivity contribution is -0.213. The predicted molar refractivity (Wildman–Crippen MR) is 74.2 cm³/mol. The minimum Gasteiger partial charge on any atom is -0.492 e. The third-order valence-electron chi connectivity index (χ3n) is 4.18. The van der Waals surface area contributed by atoms with E-state index in [1.54, 1.807) is 0 Å². The standard InChI is InChI=1S/C16H18F4O2/c1-3-16(10(2)22-15(19)20)7-6-11(9-21-16)13-5-4-12(17)8-14(13)18/h4-5,8-10,15H,3,6-7H2,1-2H3/t10-,16+/m1/s1. The molecule has 1 aromatic carbocycles. The first kappa shape index (κ1) is 16.8. The summed E-state index contributed by atoms with van der Waals surface area (Å²) in [6.07, 6.45) is 1.91. The molecule has 1 aliphatic rings. The quantitative estimate of drug-likeness (QED) is 0.720. The molecule has 0 aliphatic carbocycles. The highest BCUT2D eigenvalue weighted by atomic mass is 19.3. The van der Waals surface area contributed by atoms with Crippen LogP contribution in [0.1, 0.15) is 38.7 Å². The van der Waals surface area contributed by atoms with E-state index in [0.29, 0.717) is 24.8 Å². The second kappa shape index (κ2) is 6.69. The molecule has 6 heteroatoms. The lowest BCUT2D eigenvalue weighted by Crippen LogP contribution is -2.45. The van der Waals surface area contributed by atoms with Gasteiger partial charge >= 0.3 is 6.61 Å². The van der Waals surface area contributed by atoms with Crippen molar-refractivity contribution in [3.8, 4) is 0 Å². The number of hydrogen-bond acceptors (Lipinski definition) is 2. The van der Waals surface area contributed by atoms with E-state index >= 15 is 0 Å². The molecule has 0 aromatic heterocycles. The van der Waals surface area contributed by atoms with Gasteiger partial charge in [0.2, 0.25) is 0 Å². The van der Waals surface area contributed by atoms with Crippen molar-refractivity contribution in [1.82, 2.24) is 0 Å². The Hall–Kier alpha value is -1.56. The Morgan fingerprint density at radius 3 is 2.55 bits per heavy atom. The van der Waals surface area contributed by atoms with Crippen LogP contribution in [-0.4, -0.2) is 18.3 Å². The molecule has 122 valence electrons. The number of hydrogen-bond donors (Lipinski definition) is 0. The Balaban J connectivity index is 2.19. The van der Waals surface area contributed by atoms with E-state index in [2.05, 4.69) is 4.74 Å². The molecule has 0 unspecified atom stereocenters. The molecule has 0 spiro atoms. The molecule has 2 rings (SSSR count). The maximum atomic E-state index is 13.8. The average Bonchev–Trinajstić information content (AvgIpc) is 2.47. The molecule has 0 N–H and O–H groups in total. The zero-order valence-electron chi connectivity index (χ0n) is 12.4. The summed E-state index contributed by atoms with van der Waals surface area (Å²) in [5, 5.41) is 0. The zero-order chi connectivity index (χ0) is 16.3. The molecule has 2 nitrogen and oxygen atoms in total. The number of alkyl halides is 2. The molecule has 2 atom stereocenters. The van der Waals surface area contributed by atoms with Crippen LogP contribution >= 0.6 is 0 Å². The molecule has 22 heavy (non-hydrogen) atoms. The van der Waals surface area contributed by atoms with Gasteiger partial charge in [-0.2, -0.15) is 8.78 Å². The minimum atomic E-state index is -2.87. The van der Waals surface area contributed by atoms with Gasteiger partial charge in [-0.05, 0) is 43.9 Å². The van der Waals surface area contributed by atoms with Crippen LogP contribution in [0.4, 0.5) is 17.6 Å². The van der Waals surface area contributed by atoms with Gasteiger partial charge in [-0.15, -0.1) is 0 Å². The molecule has 0 radical (unpaired) electrons. The number of rotatable bonds is 5. The fourth-order valence-electron chi connectivity index (χ4n) is 2.73. The summed E-state index contributed by atoms with van der Waals surface area (Å²) < 4.78 is 61.7. The summed E-state index contributed by atoms with van der Waals surface area (Å²) in [5.41, 5.74) is -0.0319. The summed E-state index contributed by atoms with van der Waals surface area (Å²) in [5.74, 6) is -1.32. The van der Waals surface area contributed by atoms with Crippen LogP contribution in [0.2, 0.25) is 0 Å². The number of benzene rings is 1. The van der Waals surface area contributed by atoms with Crippen molar-refractivity contribution in [2.24, 2.45) is 0 Å². The highest BCUT2D eigenvalue weighted by molar-refractivity contribution is 5.65. The molecular weight excluding hydrogens is 300 g/mol. The molecule has 0 fully saturated rings. The van der Waals surface area contributed by atoms with E-state index in [1.165, 1.54) is 25.3 Å². The SMILES string of the molecule is CC[C@@]1([C@@H](C)OC(F)F)CCC(c2ccc(F)cc2F)=CO1. The normalized spacial score (nSPS) is 23.1. The van der Waals surface area contributed by atoms with Crippen molar-refractivity contribution < 1.29 is 27.0 Å². The monoisotopic (exact) mass is 318 g/mol. The molecule has 0 amide bonds. The van der Waals surface area contributed by atoms with Crippen LogP contribution in [0, 0.1) is 11.6 Å². The van der Waals surface area contributed by atoms with Crippen molar-refractivity contribution in [3.63, 3.8) is 0 Å². The summed E-state index contributed by atoms with van der Waals surface area (Å²) in [7, 11) is 0. The third-order valence-corrected chi connectivity index (χ3v) is 4.18. The Morgan fingerprint density at radius 2 is 2.05 bits per heavy atom. The maximum absolute atomic E-state index is 13.8. The smallest absolute Gasteiger partial charge is 0.345 e. The van der Waals surface area contributed by atoms with Crippen LogP contribution in [0.15, 0.2) is 24.5 Å². The van der Waals surface area contributed by atoms with Gasteiger partial charge in [-0.25, -0.2) is 8.78 Å². The van der Waals surface area contributed by atoms with Gasteiger partial charge in [0.15, 0.2) is 0 Å². The van der Waals surface area contributed by atoms with Crippen molar-refractivity contribution in [1.29, 1.82) is 0 Å². The largest absolute Gasteiger partial charge is 0.492 e. The van der Waals surface area contributed by atoms with Crippen LogP contribution in [0.3, 0.4) is 0 Å². The Labute approximate surface area is 126 Å². The zero-order valence-corrected chi connectivity index (χ0v) is 12.4. The van der Waals surface area contributed by atoms with Gasteiger partial charge in [0.05, 0.1) is 6.26 Å². The molecular formula is C16H18F4O2. The second-order valence-corrected chi connectivity index (χ2v) is 5.34. The summed E-state index contributed by atoms with van der Waals surface area (Å²) in [6, 6.07) is 3.32. The van der Waals surface area contributed by atoms with Gasteiger partial charge in [-0.3, -0.25) is 0 Å². The summed E-state index contributed by atoms with van der Waals surface area (Å²) in [4.78, 5) is 0. The van der Waals surface area contributed by atoms with Gasteiger partial charge in [0.25, 0.3) is 0 Å². The van der Waals surface area contributed by atoms with E-state index in [4.69, 9.17) is 4.74 Å². The van der Waals surface area contributed by atoms with Gasteiger partial charge in [0, 0.05) is 11.6 Å². The van der Waals surface area contributed by atoms with Crippen LogP contribution in [-0.2, 0) is 9.47 Å². The maximum Gasteiger partial charge on any atom is 0.345 e. The minimum absolute atomic E-state index is 0.258. The van der Waals surface area contributed by atoms with Crippen molar-refractivity contribution in [2.75, 3.05) is 0 Å². The van der Waals surface area contributed by atoms with Gasteiger partial charge in [0.1, 0.15) is 23.3 Å². The average molecular weight is 318 g/mol. The summed E-state index contributed by atoms with van der Waals surface area (Å²) >= 11 is 0. The predicted octanol–water partition coefficient (Wildman–Crippen LogP) is 4.89. The Morgan fingerprint density at radius 1 is 1.32 bits per heavy atom. The van der Waals surface area contributed by atoms with Crippen molar-refractivity contribution >= 4 is 5.57 Å². The third kappa shape index (κ3) is 3.43. The fourth-order valence-corrected chi connectivity index (χ4v) is 2.73. The number of ether oxygens (including phenoxy) is 2. The van der Waals surface area contributed by atoms with E-state index in [-0.39, 0.29) is 5.56 Å².